The number of thioether (sulfide) groups is 1. The Morgan fingerprint density at radius 3 is 2.06 bits per heavy atom. The Balaban J connectivity index is 1.45. The number of benzene rings is 3. The van der Waals surface area contributed by atoms with Gasteiger partial charge in [-0.3, -0.25) is 9.36 Å². The molecule has 0 unspecified atom stereocenters. The number of nitrogens with zero attached hydrogens (tertiary/aromatic N) is 4. The predicted molar refractivity (Wildman–Crippen MR) is 137 cm³/mol. The molecular formula is C28H23FN4OS. The number of rotatable bonds is 7. The van der Waals surface area contributed by atoms with E-state index in [9.17, 15) is 9.18 Å². The lowest BCUT2D eigenvalue weighted by Crippen LogP contribution is -2.07. The fourth-order valence-corrected chi connectivity index (χ4v) is 5.02. The highest BCUT2D eigenvalue weighted by Gasteiger charge is 2.20. The molecule has 0 radical (unpaired) electrons. The quantitative estimate of drug-likeness (QED) is 0.197. The Hall–Kier alpha value is -3.97. The monoisotopic (exact) mass is 482 g/mol. The van der Waals surface area contributed by atoms with Crippen LogP contribution in [0, 0.1) is 19.7 Å². The molecule has 0 fully saturated rings. The number of Topliss-reactive ketones (excluding diaryl/α,β-unsaturated/α-hetero) is 1. The van der Waals surface area contributed by atoms with Gasteiger partial charge in [0.25, 0.3) is 0 Å². The first kappa shape index (κ1) is 22.8. The first-order valence-electron chi connectivity index (χ1n) is 11.2. The van der Waals surface area contributed by atoms with Crippen LogP contribution < -0.4 is 0 Å². The third-order valence-electron chi connectivity index (χ3n) is 5.83. The summed E-state index contributed by atoms with van der Waals surface area (Å²) in [7, 11) is 0. The minimum absolute atomic E-state index is 0.0243. The predicted octanol–water partition coefficient (Wildman–Crippen LogP) is 6.46. The molecular weight excluding hydrogens is 459 g/mol. The summed E-state index contributed by atoms with van der Waals surface area (Å²) in [6, 6.07) is 27.8. The lowest BCUT2D eigenvalue weighted by Gasteiger charge is -2.11. The first-order valence-corrected chi connectivity index (χ1v) is 12.2. The molecule has 5 aromatic rings. The molecule has 0 aliphatic carbocycles. The lowest BCUT2D eigenvalue weighted by atomic mass is 10.2. The van der Waals surface area contributed by atoms with Crippen LogP contribution in [-0.4, -0.2) is 30.9 Å². The zero-order valence-electron chi connectivity index (χ0n) is 19.4. The average molecular weight is 483 g/mol. The molecule has 5 rings (SSSR count). The smallest absolute Gasteiger partial charge is 0.196 e. The molecule has 35 heavy (non-hydrogen) atoms. The standard InChI is InChI=1S/C28H23FN4OS/c1-19-17-25(20(2)32(19)23-9-5-3-6-10-23)26(34)18-35-28-31-30-27(21-13-15-22(29)16-14-21)33(28)24-11-7-4-8-12-24/h3-17H,18H2,1-2H3. The number of carbonyl (C=O) groups is 1. The zero-order valence-corrected chi connectivity index (χ0v) is 20.2. The SMILES string of the molecule is Cc1cc(C(=O)CSc2nnc(-c3ccc(F)cc3)n2-c2ccccc2)c(C)n1-c1ccccc1. The van der Waals surface area contributed by atoms with Crippen molar-refractivity contribution in [2.75, 3.05) is 5.75 Å². The Morgan fingerprint density at radius 2 is 1.43 bits per heavy atom. The van der Waals surface area contributed by atoms with Crippen molar-refractivity contribution >= 4 is 17.5 Å². The van der Waals surface area contributed by atoms with Gasteiger partial charge in [-0.1, -0.05) is 48.2 Å². The number of aryl methyl sites for hydroxylation is 1. The number of hydrogen-bond acceptors (Lipinski definition) is 4. The van der Waals surface area contributed by atoms with Crippen molar-refractivity contribution in [1.82, 2.24) is 19.3 Å². The summed E-state index contributed by atoms with van der Waals surface area (Å²) >= 11 is 1.34. The molecule has 0 amide bonds. The summed E-state index contributed by atoms with van der Waals surface area (Å²) in [5, 5.41) is 9.35. The molecule has 0 saturated heterocycles. The minimum Gasteiger partial charge on any atom is -0.318 e. The second-order valence-corrected chi connectivity index (χ2v) is 9.09. The van der Waals surface area contributed by atoms with Crippen LogP contribution in [0.1, 0.15) is 21.7 Å². The largest absolute Gasteiger partial charge is 0.318 e. The summed E-state index contributed by atoms with van der Waals surface area (Å²) in [5.41, 5.74) is 5.26. The number of para-hydroxylation sites is 2. The van der Waals surface area contributed by atoms with Gasteiger partial charge in [0.2, 0.25) is 0 Å². The van der Waals surface area contributed by atoms with Crippen molar-refractivity contribution < 1.29 is 9.18 Å². The van der Waals surface area contributed by atoms with E-state index in [2.05, 4.69) is 14.8 Å². The third kappa shape index (κ3) is 4.55. The van der Waals surface area contributed by atoms with E-state index in [1.807, 2.05) is 85.1 Å². The van der Waals surface area contributed by atoms with Gasteiger partial charge >= 0.3 is 0 Å². The Labute approximate surface area is 207 Å². The topological polar surface area (TPSA) is 52.7 Å². The Kier molecular flexibility index (Phi) is 6.33. The van der Waals surface area contributed by atoms with Crippen LogP contribution in [0.3, 0.4) is 0 Å². The lowest BCUT2D eigenvalue weighted by molar-refractivity contribution is 0.102. The molecule has 2 heterocycles. The van der Waals surface area contributed by atoms with Gasteiger partial charge in [-0.2, -0.15) is 0 Å². The van der Waals surface area contributed by atoms with Crippen molar-refractivity contribution in [2.45, 2.75) is 19.0 Å². The van der Waals surface area contributed by atoms with Crippen molar-refractivity contribution in [1.29, 1.82) is 0 Å². The van der Waals surface area contributed by atoms with Crippen LogP contribution in [0.5, 0.6) is 0 Å². The third-order valence-corrected chi connectivity index (χ3v) is 6.76. The molecule has 5 nitrogen and oxygen atoms in total. The molecule has 0 aliphatic heterocycles. The average Bonchev–Trinajstić information content (AvgIpc) is 3.44. The minimum atomic E-state index is -0.312. The van der Waals surface area contributed by atoms with E-state index in [1.54, 1.807) is 12.1 Å². The molecule has 0 aliphatic rings. The van der Waals surface area contributed by atoms with Gasteiger partial charge in [0.15, 0.2) is 16.8 Å². The highest BCUT2D eigenvalue weighted by atomic mass is 32.2. The molecule has 7 heteroatoms. The molecule has 0 bridgehead atoms. The second kappa shape index (κ2) is 9.72. The zero-order chi connectivity index (χ0) is 24.4. The van der Waals surface area contributed by atoms with Gasteiger partial charge in [0, 0.05) is 33.9 Å². The van der Waals surface area contributed by atoms with Crippen LogP contribution in [-0.2, 0) is 0 Å². The van der Waals surface area contributed by atoms with Crippen LogP contribution in [0.25, 0.3) is 22.8 Å². The molecule has 2 aromatic heterocycles. The molecule has 0 atom stereocenters. The number of carbonyl (C=O) groups excluding carboxylic acids is 1. The molecule has 0 saturated carbocycles. The van der Waals surface area contributed by atoms with E-state index < -0.39 is 0 Å². The number of aromatic nitrogens is 4. The summed E-state index contributed by atoms with van der Waals surface area (Å²) in [6.45, 7) is 3.97. The van der Waals surface area contributed by atoms with Crippen LogP contribution in [0.15, 0.2) is 96.2 Å². The van der Waals surface area contributed by atoms with Gasteiger partial charge in [-0.15, -0.1) is 10.2 Å². The van der Waals surface area contributed by atoms with Crippen LogP contribution in [0.4, 0.5) is 4.39 Å². The van der Waals surface area contributed by atoms with E-state index in [1.165, 1.54) is 23.9 Å². The summed E-state index contributed by atoms with van der Waals surface area (Å²) in [5.74, 6) is 0.519. The maximum Gasteiger partial charge on any atom is 0.196 e. The highest BCUT2D eigenvalue weighted by Crippen LogP contribution is 2.29. The van der Waals surface area contributed by atoms with E-state index >= 15 is 0 Å². The molecule has 3 aromatic carbocycles. The van der Waals surface area contributed by atoms with E-state index in [4.69, 9.17) is 0 Å². The maximum absolute atomic E-state index is 13.5. The fourth-order valence-electron chi connectivity index (χ4n) is 4.19. The highest BCUT2D eigenvalue weighted by molar-refractivity contribution is 7.99. The number of halogens is 1. The van der Waals surface area contributed by atoms with E-state index in [0.717, 1.165) is 28.3 Å². The molecule has 0 N–H and O–H groups in total. The Morgan fingerprint density at radius 1 is 0.829 bits per heavy atom. The van der Waals surface area contributed by atoms with Crippen LogP contribution in [0.2, 0.25) is 0 Å². The van der Waals surface area contributed by atoms with Gasteiger partial charge in [-0.25, -0.2) is 4.39 Å². The fraction of sp³-hybridized carbons (Fsp3) is 0.107. The molecule has 0 spiro atoms. The maximum atomic E-state index is 13.5. The van der Waals surface area contributed by atoms with Crippen molar-refractivity contribution in [3.63, 3.8) is 0 Å². The van der Waals surface area contributed by atoms with Gasteiger partial charge < -0.3 is 4.57 Å². The van der Waals surface area contributed by atoms with Gasteiger partial charge in [0.05, 0.1) is 5.75 Å². The normalized spacial score (nSPS) is 11.1. The van der Waals surface area contributed by atoms with Crippen LogP contribution >= 0.6 is 11.8 Å². The summed E-state index contributed by atoms with van der Waals surface area (Å²) in [6.07, 6.45) is 0. The van der Waals surface area contributed by atoms with Crippen molar-refractivity contribution in [3.8, 4) is 22.8 Å². The Bertz CT molecular complexity index is 1480. The van der Waals surface area contributed by atoms with E-state index in [0.29, 0.717) is 16.5 Å². The summed E-state index contributed by atoms with van der Waals surface area (Å²) in [4.78, 5) is 13.3. The van der Waals surface area contributed by atoms with Gasteiger partial charge in [-0.05, 0) is 68.4 Å². The number of hydrogen-bond donors (Lipinski definition) is 0. The van der Waals surface area contributed by atoms with Gasteiger partial charge in [0.1, 0.15) is 5.82 Å². The second-order valence-electron chi connectivity index (χ2n) is 8.15. The molecule has 174 valence electrons. The van der Waals surface area contributed by atoms with Crippen molar-refractivity contribution in [3.05, 3.63) is 114 Å². The number of ketones is 1. The van der Waals surface area contributed by atoms with E-state index in [-0.39, 0.29) is 17.4 Å². The summed E-state index contributed by atoms with van der Waals surface area (Å²) < 4.78 is 17.5. The van der Waals surface area contributed by atoms with Crippen molar-refractivity contribution in [2.24, 2.45) is 0 Å². The first-order chi connectivity index (χ1) is 17.0.